The highest BCUT2D eigenvalue weighted by atomic mass is 19.1. The molecule has 1 aromatic carbocycles. The van der Waals surface area contributed by atoms with E-state index in [-0.39, 0.29) is 18.9 Å². The first-order valence-electron chi connectivity index (χ1n) is 6.92. The standard InChI is InChI=1S/C15H19FN2O4/c1-14(2)15(3,21)18(13(20)22-14)9-8-12(19)17-11-6-4-10(16)5-7-11/h4-7,21H,8-9H2,1-3H3,(H,17,19)/t15-/m1/s1. The molecule has 2 N–H and O–H groups in total. The maximum atomic E-state index is 12.8. The second-order valence-corrected chi connectivity index (χ2v) is 5.86. The topological polar surface area (TPSA) is 78.9 Å². The minimum Gasteiger partial charge on any atom is -0.438 e. The molecule has 0 saturated carbocycles. The number of halogens is 1. The highest BCUT2D eigenvalue weighted by Gasteiger charge is 2.56. The smallest absolute Gasteiger partial charge is 0.412 e. The Bertz CT molecular complexity index is 584. The van der Waals surface area contributed by atoms with Crippen LogP contribution >= 0.6 is 0 Å². The summed E-state index contributed by atoms with van der Waals surface area (Å²) >= 11 is 0. The van der Waals surface area contributed by atoms with Gasteiger partial charge in [-0.1, -0.05) is 0 Å². The predicted octanol–water partition coefficient (Wildman–Crippen LogP) is 2.09. The summed E-state index contributed by atoms with van der Waals surface area (Å²) in [5.41, 5.74) is -2.10. The number of nitrogens with zero attached hydrogens (tertiary/aromatic N) is 1. The summed E-state index contributed by atoms with van der Waals surface area (Å²) in [4.78, 5) is 24.8. The van der Waals surface area contributed by atoms with E-state index in [1.807, 2.05) is 0 Å². The molecule has 0 unspecified atom stereocenters. The zero-order valence-electron chi connectivity index (χ0n) is 12.7. The highest BCUT2D eigenvalue weighted by Crippen LogP contribution is 2.36. The molecule has 0 aliphatic carbocycles. The summed E-state index contributed by atoms with van der Waals surface area (Å²) in [7, 11) is 0. The second-order valence-electron chi connectivity index (χ2n) is 5.86. The Hall–Kier alpha value is -2.15. The lowest BCUT2D eigenvalue weighted by Gasteiger charge is -2.34. The van der Waals surface area contributed by atoms with Crippen LogP contribution in [-0.2, 0) is 9.53 Å². The van der Waals surface area contributed by atoms with E-state index in [1.54, 1.807) is 13.8 Å². The fraction of sp³-hybridized carbons (Fsp3) is 0.467. The van der Waals surface area contributed by atoms with Crippen molar-refractivity contribution in [2.24, 2.45) is 0 Å². The van der Waals surface area contributed by atoms with Crippen LogP contribution in [0.3, 0.4) is 0 Å². The minimum absolute atomic E-state index is 0.0152. The maximum Gasteiger partial charge on any atom is 0.412 e. The van der Waals surface area contributed by atoms with Gasteiger partial charge >= 0.3 is 6.09 Å². The Morgan fingerprint density at radius 2 is 1.91 bits per heavy atom. The number of hydrogen-bond acceptors (Lipinski definition) is 4. The van der Waals surface area contributed by atoms with Crippen LogP contribution in [0.15, 0.2) is 24.3 Å². The molecule has 1 aliphatic heterocycles. The van der Waals surface area contributed by atoms with Gasteiger partial charge in [0.2, 0.25) is 5.91 Å². The van der Waals surface area contributed by atoms with Crippen molar-refractivity contribution >= 4 is 17.7 Å². The summed E-state index contributed by atoms with van der Waals surface area (Å²) < 4.78 is 17.9. The number of cyclic esters (lactones) is 1. The lowest BCUT2D eigenvalue weighted by Crippen LogP contribution is -2.54. The van der Waals surface area contributed by atoms with Gasteiger partial charge in [0, 0.05) is 18.7 Å². The normalized spacial score (nSPS) is 23.3. The van der Waals surface area contributed by atoms with E-state index in [4.69, 9.17) is 4.74 Å². The molecule has 22 heavy (non-hydrogen) atoms. The third-order valence-electron chi connectivity index (χ3n) is 3.92. The predicted molar refractivity (Wildman–Crippen MR) is 77.5 cm³/mol. The zero-order valence-corrected chi connectivity index (χ0v) is 12.7. The van der Waals surface area contributed by atoms with Gasteiger partial charge in [0.1, 0.15) is 5.82 Å². The SMILES string of the molecule is CC1(C)OC(=O)N(CCC(=O)Nc2ccc(F)cc2)[C@]1(C)O. The summed E-state index contributed by atoms with van der Waals surface area (Å²) in [6, 6.07) is 5.36. The molecule has 0 radical (unpaired) electrons. The van der Waals surface area contributed by atoms with Crippen LogP contribution in [0.5, 0.6) is 0 Å². The fourth-order valence-corrected chi connectivity index (χ4v) is 2.15. The van der Waals surface area contributed by atoms with E-state index < -0.39 is 23.2 Å². The zero-order chi connectivity index (χ0) is 16.5. The molecule has 6 nitrogen and oxygen atoms in total. The Labute approximate surface area is 127 Å². The molecule has 1 saturated heterocycles. The number of nitrogens with one attached hydrogen (secondary N) is 1. The second kappa shape index (κ2) is 5.57. The molecule has 1 aliphatic rings. The average Bonchev–Trinajstić information content (AvgIpc) is 2.55. The third kappa shape index (κ3) is 3.04. The van der Waals surface area contributed by atoms with Crippen LogP contribution in [0.2, 0.25) is 0 Å². The van der Waals surface area contributed by atoms with Crippen molar-refractivity contribution in [2.45, 2.75) is 38.5 Å². The van der Waals surface area contributed by atoms with Crippen molar-refractivity contribution in [1.82, 2.24) is 4.90 Å². The van der Waals surface area contributed by atoms with Gasteiger partial charge in [-0.25, -0.2) is 9.18 Å². The first-order valence-corrected chi connectivity index (χ1v) is 6.92. The minimum atomic E-state index is -1.50. The van der Waals surface area contributed by atoms with E-state index in [1.165, 1.54) is 31.2 Å². The third-order valence-corrected chi connectivity index (χ3v) is 3.92. The van der Waals surface area contributed by atoms with Gasteiger partial charge in [0.15, 0.2) is 11.3 Å². The lowest BCUT2D eigenvalue weighted by atomic mass is 9.96. The first kappa shape index (κ1) is 16.2. The van der Waals surface area contributed by atoms with Gasteiger partial charge in [-0.3, -0.25) is 9.69 Å². The molecular weight excluding hydrogens is 291 g/mol. The van der Waals surface area contributed by atoms with Crippen molar-refractivity contribution in [2.75, 3.05) is 11.9 Å². The van der Waals surface area contributed by atoms with Gasteiger partial charge in [-0.05, 0) is 45.0 Å². The highest BCUT2D eigenvalue weighted by molar-refractivity contribution is 5.91. The maximum absolute atomic E-state index is 12.8. The fourth-order valence-electron chi connectivity index (χ4n) is 2.15. The van der Waals surface area contributed by atoms with E-state index in [9.17, 15) is 19.1 Å². The van der Waals surface area contributed by atoms with Gasteiger partial charge < -0.3 is 15.2 Å². The summed E-state index contributed by atoms with van der Waals surface area (Å²) in [5, 5.41) is 13.0. The summed E-state index contributed by atoms with van der Waals surface area (Å²) in [5.74, 6) is -0.740. The Morgan fingerprint density at radius 1 is 1.32 bits per heavy atom. The van der Waals surface area contributed by atoms with Crippen LogP contribution in [0.1, 0.15) is 27.2 Å². The van der Waals surface area contributed by atoms with Crippen molar-refractivity contribution < 1.29 is 23.8 Å². The number of amides is 2. The summed E-state index contributed by atoms with van der Waals surface area (Å²) in [6.07, 6.45) is -0.678. The number of hydrogen-bond donors (Lipinski definition) is 2. The number of rotatable bonds is 4. The molecule has 7 heteroatoms. The van der Waals surface area contributed by atoms with E-state index in [0.29, 0.717) is 5.69 Å². The molecule has 1 aromatic rings. The number of anilines is 1. The number of carbonyl (C=O) groups excluding carboxylic acids is 2. The molecule has 0 spiro atoms. The van der Waals surface area contributed by atoms with E-state index >= 15 is 0 Å². The van der Waals surface area contributed by atoms with Gasteiger partial charge in [0.25, 0.3) is 0 Å². The van der Waals surface area contributed by atoms with Crippen molar-refractivity contribution in [3.63, 3.8) is 0 Å². The largest absolute Gasteiger partial charge is 0.438 e. The molecule has 0 aromatic heterocycles. The Balaban J connectivity index is 1.94. The van der Waals surface area contributed by atoms with Crippen LogP contribution in [0.4, 0.5) is 14.9 Å². The molecule has 1 atom stereocenters. The van der Waals surface area contributed by atoms with Gasteiger partial charge in [-0.15, -0.1) is 0 Å². The number of ether oxygens (including phenoxy) is 1. The van der Waals surface area contributed by atoms with Crippen molar-refractivity contribution in [3.05, 3.63) is 30.1 Å². The first-order chi connectivity index (χ1) is 10.1. The van der Waals surface area contributed by atoms with Crippen LogP contribution in [0.25, 0.3) is 0 Å². The molecule has 2 rings (SSSR count). The Kier molecular flexibility index (Phi) is 4.10. The number of aliphatic hydroxyl groups is 1. The van der Waals surface area contributed by atoms with Gasteiger partial charge in [0.05, 0.1) is 0 Å². The molecule has 0 bridgehead atoms. The number of benzene rings is 1. The molecular formula is C15H19FN2O4. The summed E-state index contributed by atoms with van der Waals surface area (Å²) in [6.45, 7) is 4.69. The van der Waals surface area contributed by atoms with E-state index in [2.05, 4.69) is 5.32 Å². The average molecular weight is 310 g/mol. The van der Waals surface area contributed by atoms with Crippen molar-refractivity contribution in [3.8, 4) is 0 Å². The van der Waals surface area contributed by atoms with E-state index in [0.717, 1.165) is 4.90 Å². The van der Waals surface area contributed by atoms with Gasteiger partial charge in [-0.2, -0.15) is 0 Å². The number of carbonyl (C=O) groups is 2. The molecule has 1 heterocycles. The molecule has 2 amide bonds. The van der Waals surface area contributed by atoms with Crippen molar-refractivity contribution in [1.29, 1.82) is 0 Å². The van der Waals surface area contributed by atoms with Crippen LogP contribution in [0, 0.1) is 5.82 Å². The monoisotopic (exact) mass is 310 g/mol. The van der Waals surface area contributed by atoms with Crippen LogP contribution < -0.4 is 5.32 Å². The molecule has 1 fully saturated rings. The molecule has 120 valence electrons. The quantitative estimate of drug-likeness (QED) is 0.892. The Morgan fingerprint density at radius 3 is 2.41 bits per heavy atom. The van der Waals surface area contributed by atoms with Crippen LogP contribution in [-0.4, -0.2) is 39.9 Å². The lowest BCUT2D eigenvalue weighted by molar-refractivity contribution is -0.130.